The van der Waals surface area contributed by atoms with Crippen LogP contribution in [0.15, 0.2) is 84.9 Å². The summed E-state index contributed by atoms with van der Waals surface area (Å²) in [6.07, 6.45) is 0.953. The zero-order valence-electron chi connectivity index (χ0n) is 15.9. The first-order chi connectivity index (χ1) is 14.2. The third kappa shape index (κ3) is 2.23. The standard InChI is InChI=1S/C27H20N2/c28-24-13-12-17(15-25(24)29)19-10-5-11-22-20-8-3-4-9-21(20)26-18-7-2-1-6-16(18)14-23(26)27(19)22/h1-13,15H,14,28-29H2. The molecule has 5 aromatic rings. The molecule has 2 heteroatoms. The number of nitrogen functional groups attached to an aromatic ring is 2. The molecular formula is C27H20N2. The van der Waals surface area contributed by atoms with Crippen molar-refractivity contribution in [1.29, 1.82) is 0 Å². The zero-order chi connectivity index (χ0) is 19.5. The van der Waals surface area contributed by atoms with Crippen LogP contribution in [0.5, 0.6) is 0 Å². The van der Waals surface area contributed by atoms with Crippen LogP contribution in [-0.2, 0) is 6.42 Å². The third-order valence-electron chi connectivity index (χ3n) is 6.21. The Bertz CT molecular complexity index is 1450. The Morgan fingerprint density at radius 2 is 1.31 bits per heavy atom. The van der Waals surface area contributed by atoms with Crippen molar-refractivity contribution < 1.29 is 0 Å². The normalized spacial score (nSPS) is 12.3. The molecule has 29 heavy (non-hydrogen) atoms. The number of hydrogen-bond acceptors (Lipinski definition) is 2. The van der Waals surface area contributed by atoms with E-state index < -0.39 is 0 Å². The average Bonchev–Trinajstić information content (AvgIpc) is 3.15. The summed E-state index contributed by atoms with van der Waals surface area (Å²) in [6.45, 7) is 0. The Morgan fingerprint density at radius 3 is 2.17 bits per heavy atom. The highest BCUT2D eigenvalue weighted by Gasteiger charge is 2.25. The molecule has 0 heterocycles. The molecule has 2 nitrogen and oxygen atoms in total. The van der Waals surface area contributed by atoms with Crippen LogP contribution in [0.2, 0.25) is 0 Å². The number of rotatable bonds is 1. The fourth-order valence-electron chi connectivity index (χ4n) is 4.90. The van der Waals surface area contributed by atoms with Gasteiger partial charge in [0.05, 0.1) is 11.4 Å². The topological polar surface area (TPSA) is 52.0 Å². The molecule has 0 spiro atoms. The second-order valence-electron chi connectivity index (χ2n) is 7.80. The van der Waals surface area contributed by atoms with E-state index in [-0.39, 0.29) is 0 Å². The van der Waals surface area contributed by atoms with Crippen molar-refractivity contribution in [3.63, 3.8) is 0 Å². The molecule has 0 amide bonds. The number of fused-ring (bicyclic) bond motifs is 8. The summed E-state index contributed by atoms with van der Waals surface area (Å²) in [6, 6.07) is 30.1. The van der Waals surface area contributed by atoms with Crippen molar-refractivity contribution in [3.05, 3.63) is 96.1 Å². The smallest absolute Gasteiger partial charge is 0.0554 e. The fraction of sp³-hybridized carbons (Fsp3) is 0.0370. The minimum Gasteiger partial charge on any atom is -0.397 e. The Balaban J connectivity index is 1.80. The number of hydrogen-bond donors (Lipinski definition) is 2. The Hall–Kier alpha value is -3.78. The average molecular weight is 372 g/mol. The molecule has 0 saturated heterocycles. The van der Waals surface area contributed by atoms with Gasteiger partial charge in [0.2, 0.25) is 0 Å². The Morgan fingerprint density at radius 1 is 0.586 bits per heavy atom. The highest BCUT2D eigenvalue weighted by Crippen LogP contribution is 2.48. The van der Waals surface area contributed by atoms with Crippen LogP contribution in [0.25, 0.3) is 43.8 Å². The first kappa shape index (κ1) is 16.2. The summed E-state index contributed by atoms with van der Waals surface area (Å²) in [7, 11) is 0. The van der Waals surface area contributed by atoms with Gasteiger partial charge in [-0.1, -0.05) is 72.8 Å². The molecule has 0 atom stereocenters. The van der Waals surface area contributed by atoms with Crippen LogP contribution in [0.3, 0.4) is 0 Å². The minimum absolute atomic E-state index is 0.622. The molecule has 0 saturated carbocycles. The number of benzene rings is 5. The van der Waals surface area contributed by atoms with Crippen molar-refractivity contribution >= 4 is 32.9 Å². The summed E-state index contributed by atoms with van der Waals surface area (Å²) in [5.74, 6) is 0. The van der Waals surface area contributed by atoms with Gasteiger partial charge in [-0.3, -0.25) is 0 Å². The van der Waals surface area contributed by atoms with Crippen LogP contribution in [0, 0.1) is 0 Å². The van der Waals surface area contributed by atoms with Gasteiger partial charge < -0.3 is 11.5 Å². The van der Waals surface area contributed by atoms with Crippen molar-refractivity contribution in [1.82, 2.24) is 0 Å². The van der Waals surface area contributed by atoms with E-state index in [9.17, 15) is 0 Å². The van der Waals surface area contributed by atoms with Gasteiger partial charge in [-0.25, -0.2) is 0 Å². The van der Waals surface area contributed by atoms with Gasteiger partial charge >= 0.3 is 0 Å². The zero-order valence-corrected chi connectivity index (χ0v) is 15.9. The van der Waals surface area contributed by atoms with Crippen LogP contribution in [-0.4, -0.2) is 0 Å². The highest BCUT2D eigenvalue weighted by atomic mass is 14.7. The monoisotopic (exact) mass is 372 g/mol. The molecule has 0 bridgehead atoms. The van der Waals surface area contributed by atoms with Gasteiger partial charge in [-0.15, -0.1) is 0 Å². The first-order valence-electron chi connectivity index (χ1n) is 9.92. The van der Waals surface area contributed by atoms with Gasteiger partial charge in [0, 0.05) is 0 Å². The molecule has 0 aromatic heterocycles. The Kier molecular flexibility index (Phi) is 3.27. The molecule has 0 fully saturated rings. The second kappa shape index (κ2) is 5.86. The summed E-state index contributed by atoms with van der Waals surface area (Å²) >= 11 is 0. The predicted octanol–water partition coefficient (Wildman–Crippen LogP) is 6.40. The van der Waals surface area contributed by atoms with Gasteiger partial charge in [0.25, 0.3) is 0 Å². The van der Waals surface area contributed by atoms with Crippen molar-refractivity contribution in [3.8, 4) is 22.3 Å². The van der Waals surface area contributed by atoms with Crippen LogP contribution < -0.4 is 11.5 Å². The van der Waals surface area contributed by atoms with Gasteiger partial charge in [-0.05, 0) is 73.5 Å². The first-order valence-corrected chi connectivity index (χ1v) is 9.92. The summed E-state index contributed by atoms with van der Waals surface area (Å²) in [5, 5.41) is 5.23. The van der Waals surface area contributed by atoms with E-state index in [0.717, 1.165) is 12.0 Å². The van der Waals surface area contributed by atoms with Crippen molar-refractivity contribution in [2.75, 3.05) is 11.5 Å². The second-order valence-corrected chi connectivity index (χ2v) is 7.80. The maximum absolute atomic E-state index is 6.15. The summed E-state index contributed by atoms with van der Waals surface area (Å²) < 4.78 is 0. The molecule has 1 aliphatic rings. The van der Waals surface area contributed by atoms with Crippen LogP contribution >= 0.6 is 0 Å². The SMILES string of the molecule is Nc1ccc(-c2cccc3c2c2c(c4ccccc43)-c3ccccc3C2)cc1N. The quantitative estimate of drug-likeness (QED) is 0.259. The molecule has 0 radical (unpaired) electrons. The molecular weight excluding hydrogens is 352 g/mol. The lowest BCUT2D eigenvalue weighted by molar-refractivity contribution is 1.29. The van der Waals surface area contributed by atoms with Gasteiger partial charge in [-0.2, -0.15) is 0 Å². The molecule has 5 aromatic carbocycles. The highest BCUT2D eigenvalue weighted by molar-refractivity contribution is 6.20. The Labute approximate surface area is 169 Å². The predicted molar refractivity (Wildman–Crippen MR) is 124 cm³/mol. The lowest BCUT2D eigenvalue weighted by atomic mass is 9.87. The molecule has 0 unspecified atom stereocenters. The molecule has 0 aliphatic heterocycles. The van der Waals surface area contributed by atoms with Gasteiger partial charge in [0.15, 0.2) is 0 Å². The lowest BCUT2D eigenvalue weighted by Crippen LogP contribution is -1.95. The van der Waals surface area contributed by atoms with E-state index in [4.69, 9.17) is 11.5 Å². The largest absolute Gasteiger partial charge is 0.397 e. The minimum atomic E-state index is 0.622. The van der Waals surface area contributed by atoms with E-state index in [0.29, 0.717) is 11.4 Å². The van der Waals surface area contributed by atoms with Crippen LogP contribution in [0.4, 0.5) is 11.4 Å². The molecule has 6 rings (SSSR count). The molecule has 1 aliphatic carbocycles. The van der Waals surface area contributed by atoms with Crippen molar-refractivity contribution in [2.45, 2.75) is 6.42 Å². The van der Waals surface area contributed by atoms with Gasteiger partial charge in [0.1, 0.15) is 0 Å². The van der Waals surface area contributed by atoms with E-state index in [1.807, 2.05) is 12.1 Å². The lowest BCUT2D eigenvalue weighted by Gasteiger charge is -2.16. The van der Waals surface area contributed by atoms with Crippen LogP contribution in [0.1, 0.15) is 11.1 Å². The summed E-state index contributed by atoms with van der Waals surface area (Å²) in [5.41, 5.74) is 21.2. The van der Waals surface area contributed by atoms with E-state index in [1.54, 1.807) is 0 Å². The maximum Gasteiger partial charge on any atom is 0.0554 e. The summed E-state index contributed by atoms with van der Waals surface area (Å²) in [4.78, 5) is 0. The number of nitrogens with two attached hydrogens (primary N) is 2. The maximum atomic E-state index is 6.15. The van der Waals surface area contributed by atoms with E-state index >= 15 is 0 Å². The van der Waals surface area contributed by atoms with Crippen molar-refractivity contribution in [2.24, 2.45) is 0 Å². The third-order valence-corrected chi connectivity index (χ3v) is 6.21. The fourth-order valence-corrected chi connectivity index (χ4v) is 4.90. The molecule has 138 valence electrons. The van der Waals surface area contributed by atoms with E-state index in [2.05, 4.69) is 72.8 Å². The van der Waals surface area contributed by atoms with E-state index in [1.165, 1.54) is 49.4 Å². The number of anilines is 2. The molecule has 4 N–H and O–H groups in total.